The molecular weight excluding hydrogens is 540 g/mol. The highest BCUT2D eigenvalue weighted by molar-refractivity contribution is 5.88. The fourth-order valence-corrected chi connectivity index (χ4v) is 5.34. The number of aromatic nitrogens is 4. The molecule has 3 heterocycles. The van der Waals surface area contributed by atoms with Gasteiger partial charge < -0.3 is 28.8 Å². The van der Waals surface area contributed by atoms with Crippen molar-refractivity contribution in [3.05, 3.63) is 72.2 Å². The summed E-state index contributed by atoms with van der Waals surface area (Å²) in [5.41, 5.74) is 1.49. The summed E-state index contributed by atoms with van der Waals surface area (Å²) in [4.78, 5) is 30.6. The molecule has 0 spiro atoms. The van der Waals surface area contributed by atoms with Crippen molar-refractivity contribution >= 4 is 11.8 Å². The van der Waals surface area contributed by atoms with E-state index in [1.807, 2.05) is 24.3 Å². The highest BCUT2D eigenvalue weighted by atomic mass is 16.7. The van der Waals surface area contributed by atoms with Crippen molar-refractivity contribution in [2.75, 3.05) is 13.9 Å². The Hall–Kier alpha value is -4.87. The van der Waals surface area contributed by atoms with Crippen molar-refractivity contribution in [3.8, 4) is 28.6 Å². The standard InChI is InChI=1S/C30H32N6O6/c1-39-23-12-10-21(11-13-23)29-32-34-36(33-29)18-27(37)35(17-20-9-14-24-26(16-20)42-19-41-24)28(25-8-5-15-40-25)30(38)31-22-6-3-2-4-7-22/h5,8-16,22,28H,2-4,6-7,17-19H2,1H3,(H,31,38). The van der Waals surface area contributed by atoms with Crippen LogP contribution >= 0.6 is 0 Å². The number of nitrogens with zero attached hydrogens (tertiary/aromatic N) is 5. The minimum absolute atomic E-state index is 0.0512. The van der Waals surface area contributed by atoms with Crippen LogP contribution in [0.4, 0.5) is 0 Å². The summed E-state index contributed by atoms with van der Waals surface area (Å²) in [6.07, 6.45) is 6.59. The van der Waals surface area contributed by atoms with Crippen LogP contribution in [0.5, 0.6) is 17.2 Å². The Kier molecular flexibility index (Phi) is 8.02. The number of furan rings is 1. The van der Waals surface area contributed by atoms with Crippen molar-refractivity contribution in [2.24, 2.45) is 0 Å². The van der Waals surface area contributed by atoms with E-state index in [0.29, 0.717) is 28.8 Å². The van der Waals surface area contributed by atoms with Gasteiger partial charge >= 0.3 is 0 Å². The molecule has 12 nitrogen and oxygen atoms in total. The maximum Gasteiger partial charge on any atom is 0.250 e. The summed E-state index contributed by atoms with van der Waals surface area (Å²) < 4.78 is 21.9. The summed E-state index contributed by atoms with van der Waals surface area (Å²) in [6, 6.07) is 15.1. The van der Waals surface area contributed by atoms with Crippen molar-refractivity contribution in [3.63, 3.8) is 0 Å². The van der Waals surface area contributed by atoms with Crippen LogP contribution in [-0.4, -0.2) is 56.9 Å². The Morgan fingerprint density at radius 3 is 2.64 bits per heavy atom. The van der Waals surface area contributed by atoms with Gasteiger partial charge in [0, 0.05) is 18.2 Å². The van der Waals surface area contributed by atoms with Gasteiger partial charge in [0.25, 0.3) is 5.91 Å². The second kappa shape index (κ2) is 12.3. The van der Waals surface area contributed by atoms with Gasteiger partial charge in [0.2, 0.25) is 18.5 Å². The summed E-state index contributed by atoms with van der Waals surface area (Å²) in [7, 11) is 1.59. The fourth-order valence-electron chi connectivity index (χ4n) is 5.34. The van der Waals surface area contributed by atoms with Crippen LogP contribution in [0.3, 0.4) is 0 Å². The molecule has 1 fully saturated rings. The maximum atomic E-state index is 14.0. The van der Waals surface area contributed by atoms with E-state index in [9.17, 15) is 9.59 Å². The molecule has 1 unspecified atom stereocenters. The first kappa shape index (κ1) is 27.3. The number of tetrazole rings is 1. The van der Waals surface area contributed by atoms with E-state index in [-0.39, 0.29) is 37.7 Å². The highest BCUT2D eigenvalue weighted by Gasteiger charge is 2.35. The van der Waals surface area contributed by atoms with Gasteiger partial charge in [0.15, 0.2) is 17.5 Å². The van der Waals surface area contributed by atoms with Crippen molar-refractivity contribution < 1.29 is 28.2 Å². The molecule has 2 aromatic carbocycles. The number of ether oxygens (including phenoxy) is 3. The third-order valence-corrected chi connectivity index (χ3v) is 7.51. The number of rotatable bonds is 10. The van der Waals surface area contributed by atoms with Gasteiger partial charge in [-0.3, -0.25) is 9.59 Å². The first-order valence-corrected chi connectivity index (χ1v) is 14.0. The molecule has 1 saturated carbocycles. The van der Waals surface area contributed by atoms with Crippen LogP contribution in [0.1, 0.15) is 49.5 Å². The van der Waals surface area contributed by atoms with E-state index < -0.39 is 6.04 Å². The number of fused-ring (bicyclic) bond motifs is 1. The fraction of sp³-hybridized carbons (Fsp3) is 0.367. The lowest BCUT2D eigenvalue weighted by molar-refractivity contribution is -0.143. The number of carbonyl (C=O) groups excluding carboxylic acids is 2. The molecule has 1 aliphatic carbocycles. The number of hydrogen-bond acceptors (Lipinski definition) is 9. The lowest BCUT2D eigenvalue weighted by Gasteiger charge is -2.32. The zero-order valence-corrected chi connectivity index (χ0v) is 23.3. The Morgan fingerprint density at radius 2 is 1.88 bits per heavy atom. The number of amides is 2. The van der Waals surface area contributed by atoms with Crippen LogP contribution < -0.4 is 19.5 Å². The maximum absolute atomic E-state index is 14.0. The first-order chi connectivity index (χ1) is 20.6. The van der Waals surface area contributed by atoms with Crippen LogP contribution in [0.15, 0.2) is 65.3 Å². The van der Waals surface area contributed by atoms with Gasteiger partial charge in [-0.25, -0.2) is 0 Å². The van der Waals surface area contributed by atoms with E-state index in [2.05, 4.69) is 20.7 Å². The molecule has 2 aromatic heterocycles. The predicted molar refractivity (Wildman–Crippen MR) is 149 cm³/mol. The van der Waals surface area contributed by atoms with E-state index >= 15 is 0 Å². The normalized spacial score (nSPS) is 15.3. The van der Waals surface area contributed by atoms with Gasteiger partial charge in [0.1, 0.15) is 18.1 Å². The molecule has 0 saturated heterocycles. The van der Waals surface area contributed by atoms with E-state index in [4.69, 9.17) is 18.6 Å². The van der Waals surface area contributed by atoms with Crippen molar-refractivity contribution in [1.82, 2.24) is 30.4 Å². The Labute approximate surface area is 242 Å². The minimum Gasteiger partial charge on any atom is -0.497 e. The third-order valence-electron chi connectivity index (χ3n) is 7.51. The molecule has 6 rings (SSSR count). The number of carbonyl (C=O) groups is 2. The zero-order chi connectivity index (χ0) is 28.9. The largest absolute Gasteiger partial charge is 0.497 e. The molecule has 218 valence electrons. The molecule has 2 amide bonds. The topological polar surface area (TPSA) is 134 Å². The van der Waals surface area contributed by atoms with Gasteiger partial charge in [0.05, 0.1) is 13.4 Å². The van der Waals surface area contributed by atoms with Crippen LogP contribution in [-0.2, 0) is 22.7 Å². The average molecular weight is 573 g/mol. The lowest BCUT2D eigenvalue weighted by atomic mass is 9.95. The van der Waals surface area contributed by atoms with Crippen LogP contribution in [0.2, 0.25) is 0 Å². The van der Waals surface area contributed by atoms with Crippen molar-refractivity contribution in [1.29, 1.82) is 0 Å². The number of benzene rings is 2. The van der Waals surface area contributed by atoms with E-state index in [1.165, 1.54) is 16.0 Å². The number of nitrogens with one attached hydrogen (secondary N) is 1. The average Bonchev–Trinajstić information content (AvgIpc) is 3.80. The van der Waals surface area contributed by atoms with Gasteiger partial charge in [-0.1, -0.05) is 25.3 Å². The molecule has 1 atom stereocenters. The predicted octanol–water partition coefficient (Wildman–Crippen LogP) is 3.89. The second-order valence-corrected chi connectivity index (χ2v) is 10.3. The SMILES string of the molecule is COc1ccc(-c2nnn(CC(=O)N(Cc3ccc4c(c3)OCO4)C(C(=O)NC3CCCCC3)c3ccco3)n2)cc1. The minimum atomic E-state index is -1.01. The number of hydrogen-bond donors (Lipinski definition) is 1. The Bertz CT molecular complexity index is 1510. The smallest absolute Gasteiger partial charge is 0.250 e. The summed E-state index contributed by atoms with van der Waals surface area (Å²) >= 11 is 0. The summed E-state index contributed by atoms with van der Waals surface area (Å²) in [5.74, 6) is 1.97. The quantitative estimate of drug-likeness (QED) is 0.300. The highest BCUT2D eigenvalue weighted by Crippen LogP contribution is 2.34. The molecule has 1 N–H and O–H groups in total. The number of methoxy groups -OCH3 is 1. The lowest BCUT2D eigenvalue weighted by Crippen LogP contribution is -2.47. The molecule has 0 bridgehead atoms. The first-order valence-electron chi connectivity index (χ1n) is 14.0. The van der Waals surface area contributed by atoms with Crippen LogP contribution in [0, 0.1) is 0 Å². The molecule has 4 aromatic rings. The second-order valence-electron chi connectivity index (χ2n) is 10.3. The van der Waals surface area contributed by atoms with E-state index in [0.717, 1.165) is 43.2 Å². The summed E-state index contributed by atoms with van der Waals surface area (Å²) in [5, 5.41) is 15.8. The third kappa shape index (κ3) is 6.07. The van der Waals surface area contributed by atoms with E-state index in [1.54, 1.807) is 37.4 Å². The molecule has 12 heteroatoms. The van der Waals surface area contributed by atoms with Crippen molar-refractivity contribution in [2.45, 2.75) is 57.3 Å². The molecular formula is C30H32N6O6. The Balaban J connectivity index is 1.28. The molecule has 1 aliphatic heterocycles. The van der Waals surface area contributed by atoms with Gasteiger partial charge in [-0.15, -0.1) is 10.2 Å². The molecule has 42 heavy (non-hydrogen) atoms. The molecule has 0 radical (unpaired) electrons. The molecule has 2 aliphatic rings. The Morgan fingerprint density at radius 1 is 1.07 bits per heavy atom. The monoisotopic (exact) mass is 572 g/mol. The summed E-state index contributed by atoms with van der Waals surface area (Å²) in [6.45, 7) is 0.00925. The zero-order valence-electron chi connectivity index (χ0n) is 23.3. The van der Waals surface area contributed by atoms with Gasteiger partial charge in [-0.2, -0.15) is 4.80 Å². The van der Waals surface area contributed by atoms with Crippen LogP contribution in [0.25, 0.3) is 11.4 Å². The van der Waals surface area contributed by atoms with Gasteiger partial charge in [-0.05, 0) is 72.1 Å².